The lowest BCUT2D eigenvalue weighted by molar-refractivity contribution is 0.194. The van der Waals surface area contributed by atoms with Crippen molar-refractivity contribution in [1.82, 2.24) is 0 Å². The van der Waals surface area contributed by atoms with Crippen LogP contribution in [0.25, 0.3) is 0 Å². The van der Waals surface area contributed by atoms with Crippen LogP contribution >= 0.6 is 22.6 Å². The Balaban J connectivity index is 2.71. The minimum Gasteiger partial charge on any atom is -0.496 e. The predicted octanol–water partition coefficient (Wildman–Crippen LogP) is 3.15. The zero-order valence-electron chi connectivity index (χ0n) is 7.86. The van der Waals surface area contributed by atoms with E-state index in [1.807, 2.05) is 0 Å². The molecule has 1 unspecified atom stereocenters. The largest absolute Gasteiger partial charge is 0.496 e. The first-order valence-electron chi connectivity index (χ1n) is 4.16. The molecule has 68 valence electrons. The summed E-state index contributed by atoms with van der Waals surface area (Å²) < 4.78 is 6.09. The lowest BCUT2D eigenvalue weighted by Gasteiger charge is -2.45. The fourth-order valence-electron chi connectivity index (χ4n) is 1.50. The van der Waals surface area contributed by atoms with Gasteiger partial charge in [0.15, 0.2) is 0 Å². The predicted molar refractivity (Wildman–Crippen MR) is 59.4 cm³/mol. The summed E-state index contributed by atoms with van der Waals surface area (Å²) in [7, 11) is 1.66. The number of hydrogen-bond donors (Lipinski definition) is 0. The van der Waals surface area contributed by atoms with Gasteiger partial charge in [0.1, 0.15) is 6.26 Å². The molecule has 0 spiro atoms. The number of alkyl halides is 1. The lowest BCUT2D eigenvalue weighted by atomic mass is 9.60. The molecule has 1 nitrogen and oxygen atoms in total. The van der Waals surface area contributed by atoms with E-state index >= 15 is 0 Å². The van der Waals surface area contributed by atoms with Crippen molar-refractivity contribution < 1.29 is 4.74 Å². The maximum absolute atomic E-state index is 4.85. The molecule has 2 heteroatoms. The van der Waals surface area contributed by atoms with E-state index in [-0.39, 0.29) is 0 Å². The Kier molecular flexibility index (Phi) is 3.24. The van der Waals surface area contributed by atoms with Crippen molar-refractivity contribution >= 4 is 22.6 Å². The normalized spacial score (nSPS) is 25.7. The minimum absolute atomic E-state index is 0.343. The van der Waals surface area contributed by atoms with Gasteiger partial charge in [-0.15, -0.1) is 0 Å². The van der Waals surface area contributed by atoms with Crippen LogP contribution in [0.3, 0.4) is 0 Å². The average Bonchev–Trinajstić information content (AvgIpc) is 2.03. The van der Waals surface area contributed by atoms with Gasteiger partial charge in [-0.2, -0.15) is 0 Å². The van der Waals surface area contributed by atoms with Gasteiger partial charge in [0.25, 0.3) is 0 Å². The van der Waals surface area contributed by atoms with Gasteiger partial charge in [0, 0.05) is 4.43 Å². The molecule has 0 N–H and O–H groups in total. The summed E-state index contributed by atoms with van der Waals surface area (Å²) in [4.78, 5) is 0. The maximum Gasteiger partial charge on any atom is 0.125 e. The highest BCUT2D eigenvalue weighted by Gasteiger charge is 2.42. The van der Waals surface area contributed by atoms with Crippen molar-refractivity contribution in [2.24, 2.45) is 11.3 Å². The number of halogens is 1. The Morgan fingerprint density at radius 3 is 2.83 bits per heavy atom. The third-order valence-corrected chi connectivity index (χ3v) is 3.85. The van der Waals surface area contributed by atoms with Crippen LogP contribution in [0.5, 0.6) is 0 Å². The average molecular weight is 278 g/mol. The quantitative estimate of drug-likeness (QED) is 0.326. The van der Waals surface area contributed by atoms with E-state index in [1.165, 1.54) is 16.4 Å². The Bertz CT molecular complexity index is 224. The van der Waals surface area contributed by atoms with E-state index in [0.29, 0.717) is 5.41 Å². The first kappa shape index (κ1) is 10.1. The van der Waals surface area contributed by atoms with Gasteiger partial charge in [0.05, 0.1) is 7.11 Å². The zero-order chi connectivity index (χ0) is 9.19. The van der Waals surface area contributed by atoms with Crippen molar-refractivity contribution in [3.05, 3.63) is 17.6 Å². The van der Waals surface area contributed by atoms with Crippen LogP contribution in [-0.2, 0) is 4.74 Å². The molecule has 1 fully saturated rings. The van der Waals surface area contributed by atoms with Crippen LogP contribution in [0.2, 0.25) is 0 Å². The van der Waals surface area contributed by atoms with Gasteiger partial charge < -0.3 is 4.74 Å². The first-order chi connectivity index (χ1) is 5.62. The highest BCUT2D eigenvalue weighted by molar-refractivity contribution is 14.1. The second-order valence-corrected chi connectivity index (χ2v) is 4.63. The van der Waals surface area contributed by atoms with E-state index < -0.39 is 0 Å². The SMILES string of the molecule is COC=C=C1CC(CI)C1(C)C. The molecule has 0 saturated heterocycles. The molecular weight excluding hydrogens is 263 g/mol. The standard InChI is InChI=1S/C10H15IO/c1-10(2)8(4-5-12-3)6-9(10)7-11/h5,9H,6-7H2,1-3H3. The molecule has 0 aromatic rings. The van der Waals surface area contributed by atoms with Crippen molar-refractivity contribution in [2.45, 2.75) is 20.3 Å². The molecule has 0 bridgehead atoms. The van der Waals surface area contributed by atoms with Crippen LogP contribution in [0, 0.1) is 11.3 Å². The van der Waals surface area contributed by atoms with Crippen LogP contribution in [0.1, 0.15) is 20.3 Å². The van der Waals surface area contributed by atoms with Crippen molar-refractivity contribution in [3.8, 4) is 0 Å². The molecule has 1 atom stereocenters. The molecule has 1 aliphatic rings. The van der Waals surface area contributed by atoms with E-state index in [4.69, 9.17) is 4.74 Å². The molecule has 0 aromatic carbocycles. The molecule has 1 saturated carbocycles. The van der Waals surface area contributed by atoms with E-state index in [2.05, 4.69) is 42.2 Å². The Morgan fingerprint density at radius 1 is 1.75 bits per heavy atom. The fraction of sp³-hybridized carbons (Fsp3) is 0.700. The van der Waals surface area contributed by atoms with Crippen molar-refractivity contribution in [2.75, 3.05) is 11.5 Å². The Labute approximate surface area is 88.0 Å². The highest BCUT2D eigenvalue weighted by atomic mass is 127. The summed E-state index contributed by atoms with van der Waals surface area (Å²) in [6.45, 7) is 4.57. The van der Waals surface area contributed by atoms with Gasteiger partial charge in [-0.3, -0.25) is 0 Å². The third kappa shape index (κ3) is 1.69. The summed E-state index contributed by atoms with van der Waals surface area (Å²) in [6, 6.07) is 0. The van der Waals surface area contributed by atoms with E-state index in [9.17, 15) is 0 Å². The molecule has 0 heterocycles. The summed E-state index contributed by atoms with van der Waals surface area (Å²) in [5, 5.41) is 0. The molecule has 0 aliphatic heterocycles. The van der Waals surface area contributed by atoms with Gasteiger partial charge in [-0.1, -0.05) is 42.2 Å². The number of hydrogen-bond acceptors (Lipinski definition) is 1. The number of rotatable bonds is 2. The third-order valence-electron chi connectivity index (χ3n) is 2.79. The monoisotopic (exact) mass is 278 g/mol. The first-order valence-corrected chi connectivity index (χ1v) is 5.68. The second kappa shape index (κ2) is 3.84. The molecular formula is C10H15IO. The van der Waals surface area contributed by atoms with Crippen molar-refractivity contribution in [3.63, 3.8) is 0 Å². The zero-order valence-corrected chi connectivity index (χ0v) is 10.0. The summed E-state index contributed by atoms with van der Waals surface area (Å²) in [5.41, 5.74) is 4.93. The van der Waals surface area contributed by atoms with Crippen LogP contribution in [-0.4, -0.2) is 11.5 Å². The molecule has 0 radical (unpaired) electrons. The molecule has 0 amide bonds. The molecule has 0 aromatic heterocycles. The number of methoxy groups -OCH3 is 1. The van der Waals surface area contributed by atoms with Crippen LogP contribution < -0.4 is 0 Å². The minimum atomic E-state index is 0.343. The summed E-state index contributed by atoms with van der Waals surface area (Å²) in [6.07, 6.45) is 2.84. The fourth-order valence-corrected chi connectivity index (χ4v) is 2.91. The van der Waals surface area contributed by atoms with Crippen LogP contribution in [0.4, 0.5) is 0 Å². The summed E-state index contributed by atoms with van der Waals surface area (Å²) in [5.74, 6) is 0.825. The van der Waals surface area contributed by atoms with Crippen molar-refractivity contribution in [1.29, 1.82) is 0 Å². The van der Waals surface area contributed by atoms with Gasteiger partial charge in [-0.25, -0.2) is 0 Å². The van der Waals surface area contributed by atoms with Gasteiger partial charge >= 0.3 is 0 Å². The lowest BCUT2D eigenvalue weighted by Crippen LogP contribution is -2.38. The van der Waals surface area contributed by atoms with E-state index in [0.717, 1.165) is 5.92 Å². The maximum atomic E-state index is 4.85. The van der Waals surface area contributed by atoms with Gasteiger partial charge in [0.2, 0.25) is 0 Å². The smallest absolute Gasteiger partial charge is 0.125 e. The molecule has 1 aliphatic carbocycles. The number of ether oxygens (including phenoxy) is 1. The topological polar surface area (TPSA) is 9.23 Å². The molecule has 12 heavy (non-hydrogen) atoms. The van der Waals surface area contributed by atoms with Crippen LogP contribution in [0.15, 0.2) is 17.6 Å². The number of allylic oxidation sites excluding steroid dienone is 1. The highest BCUT2D eigenvalue weighted by Crippen LogP contribution is 2.50. The Morgan fingerprint density at radius 2 is 2.42 bits per heavy atom. The van der Waals surface area contributed by atoms with Gasteiger partial charge in [-0.05, 0) is 23.3 Å². The Hall–Kier alpha value is 0.0500. The summed E-state index contributed by atoms with van der Waals surface area (Å²) >= 11 is 2.46. The molecule has 1 rings (SSSR count). The second-order valence-electron chi connectivity index (χ2n) is 3.75. The van der Waals surface area contributed by atoms with E-state index in [1.54, 1.807) is 13.4 Å².